The van der Waals surface area contributed by atoms with Gasteiger partial charge in [0.2, 0.25) is 10.0 Å². The Balaban J connectivity index is 0.00000450. The van der Waals surface area contributed by atoms with Crippen LogP contribution in [0.5, 0.6) is 0 Å². The van der Waals surface area contributed by atoms with Crippen LogP contribution in [0.4, 0.5) is 0 Å². The first-order chi connectivity index (χ1) is 13.7. The van der Waals surface area contributed by atoms with E-state index in [4.69, 9.17) is 4.74 Å². The van der Waals surface area contributed by atoms with Gasteiger partial charge in [0.15, 0.2) is 5.96 Å². The monoisotopic (exact) mass is 552 g/mol. The molecule has 1 aromatic rings. The van der Waals surface area contributed by atoms with E-state index >= 15 is 0 Å². The van der Waals surface area contributed by atoms with Gasteiger partial charge in [-0.3, -0.25) is 0 Å². The summed E-state index contributed by atoms with van der Waals surface area (Å²) in [4.78, 5) is 4.84. The third kappa shape index (κ3) is 10.4. The van der Waals surface area contributed by atoms with Gasteiger partial charge in [-0.25, -0.2) is 18.1 Å². The zero-order valence-corrected chi connectivity index (χ0v) is 21.7. The zero-order valence-electron chi connectivity index (χ0n) is 18.5. The van der Waals surface area contributed by atoms with E-state index in [0.29, 0.717) is 11.5 Å². The van der Waals surface area contributed by atoms with Crippen LogP contribution in [0.25, 0.3) is 0 Å². The lowest BCUT2D eigenvalue weighted by molar-refractivity contribution is 0.123. The predicted molar refractivity (Wildman–Crippen MR) is 133 cm³/mol. The number of hydrogen-bond donors (Lipinski definition) is 3. The molecule has 3 N–H and O–H groups in total. The number of benzene rings is 1. The van der Waals surface area contributed by atoms with Crippen LogP contribution in [0, 0.1) is 5.92 Å². The first kappa shape index (κ1) is 27.1. The number of ether oxygens (including phenoxy) is 1. The summed E-state index contributed by atoms with van der Waals surface area (Å²) in [6, 6.07) is 6.99. The molecule has 0 heterocycles. The van der Waals surface area contributed by atoms with Gasteiger partial charge >= 0.3 is 0 Å². The normalized spacial score (nSPS) is 14.9. The van der Waals surface area contributed by atoms with E-state index in [1.807, 2.05) is 33.8 Å². The van der Waals surface area contributed by atoms with Crippen LogP contribution >= 0.6 is 24.0 Å². The van der Waals surface area contributed by atoms with Crippen LogP contribution in [-0.4, -0.2) is 46.2 Å². The van der Waals surface area contributed by atoms with Gasteiger partial charge in [0.25, 0.3) is 0 Å². The van der Waals surface area contributed by atoms with Crippen LogP contribution in [-0.2, 0) is 21.3 Å². The third-order valence-electron chi connectivity index (χ3n) is 4.26. The third-order valence-corrected chi connectivity index (χ3v) is 6.12. The van der Waals surface area contributed by atoms with Crippen LogP contribution < -0.4 is 15.4 Å². The summed E-state index contributed by atoms with van der Waals surface area (Å²) >= 11 is 0. The molecule has 172 valence electrons. The molecule has 30 heavy (non-hydrogen) atoms. The molecule has 0 spiro atoms. The minimum atomic E-state index is -3.61. The molecule has 1 saturated carbocycles. The second-order valence-corrected chi connectivity index (χ2v) is 10.1. The maximum Gasteiger partial charge on any atom is 0.241 e. The van der Waals surface area contributed by atoms with Gasteiger partial charge in [-0.05, 0) is 64.5 Å². The molecule has 0 aromatic heterocycles. The van der Waals surface area contributed by atoms with E-state index < -0.39 is 15.6 Å². The molecule has 2 rings (SSSR count). The van der Waals surface area contributed by atoms with Crippen molar-refractivity contribution in [1.29, 1.82) is 0 Å². The van der Waals surface area contributed by atoms with E-state index in [9.17, 15) is 8.42 Å². The molecule has 0 radical (unpaired) electrons. The number of hydrogen-bond acceptors (Lipinski definition) is 4. The molecule has 1 aliphatic carbocycles. The van der Waals surface area contributed by atoms with E-state index in [1.165, 1.54) is 12.8 Å². The van der Waals surface area contributed by atoms with Crippen molar-refractivity contribution in [3.05, 3.63) is 29.8 Å². The van der Waals surface area contributed by atoms with Gasteiger partial charge in [-0.2, -0.15) is 0 Å². The van der Waals surface area contributed by atoms with Crippen molar-refractivity contribution in [3.8, 4) is 0 Å². The summed E-state index contributed by atoms with van der Waals surface area (Å²) in [6.07, 6.45) is 3.51. The number of nitrogens with zero attached hydrogens (tertiary/aromatic N) is 1. The molecule has 0 aliphatic heterocycles. The summed E-state index contributed by atoms with van der Waals surface area (Å²) in [7, 11) is -3.61. The summed E-state index contributed by atoms with van der Waals surface area (Å²) in [5.74, 6) is 1.46. The average molecular weight is 553 g/mol. The van der Waals surface area contributed by atoms with Gasteiger partial charge in [0.05, 0.1) is 11.4 Å². The lowest BCUT2D eigenvalue weighted by Gasteiger charge is -2.21. The molecule has 1 aromatic carbocycles. The number of sulfonamides is 1. The number of rotatable bonds is 11. The Morgan fingerprint density at radius 2 is 1.90 bits per heavy atom. The summed E-state index contributed by atoms with van der Waals surface area (Å²) < 4.78 is 33.9. The van der Waals surface area contributed by atoms with Crippen LogP contribution in [0.15, 0.2) is 34.2 Å². The Morgan fingerprint density at radius 3 is 2.53 bits per heavy atom. The molecular weight excluding hydrogens is 515 g/mol. The second kappa shape index (κ2) is 12.8. The van der Waals surface area contributed by atoms with E-state index in [0.717, 1.165) is 38.6 Å². The maximum absolute atomic E-state index is 12.8. The fraction of sp³-hybridized carbons (Fsp3) is 0.667. The van der Waals surface area contributed by atoms with E-state index in [2.05, 4.69) is 20.3 Å². The highest BCUT2D eigenvalue weighted by Gasteiger charge is 2.24. The number of aliphatic imine (C=N–C) groups is 1. The van der Waals surface area contributed by atoms with Crippen LogP contribution in [0.3, 0.4) is 0 Å². The van der Waals surface area contributed by atoms with Crippen molar-refractivity contribution in [2.75, 3.05) is 26.3 Å². The lowest BCUT2D eigenvalue weighted by atomic mass is 10.1. The fourth-order valence-corrected chi connectivity index (χ4v) is 4.43. The van der Waals surface area contributed by atoms with Crippen molar-refractivity contribution in [3.63, 3.8) is 0 Å². The highest BCUT2D eigenvalue weighted by molar-refractivity contribution is 14.0. The Labute approximate surface area is 198 Å². The van der Waals surface area contributed by atoms with Crippen LogP contribution in [0.2, 0.25) is 0 Å². The smallest absolute Gasteiger partial charge is 0.241 e. The van der Waals surface area contributed by atoms with Gasteiger partial charge < -0.3 is 15.4 Å². The Kier molecular flexibility index (Phi) is 11.6. The van der Waals surface area contributed by atoms with Gasteiger partial charge in [0, 0.05) is 31.8 Å². The average Bonchev–Trinajstić information content (AvgIpc) is 3.45. The fourth-order valence-electron chi connectivity index (χ4n) is 2.78. The Hall–Kier alpha value is -0.910. The highest BCUT2D eigenvalue weighted by atomic mass is 127. The topological polar surface area (TPSA) is 91.8 Å². The van der Waals surface area contributed by atoms with Crippen molar-refractivity contribution >= 4 is 40.0 Å². The molecule has 0 bridgehead atoms. The summed E-state index contributed by atoms with van der Waals surface area (Å²) in [6.45, 7) is 10.9. The van der Waals surface area contributed by atoms with Crippen molar-refractivity contribution in [2.24, 2.45) is 10.9 Å². The minimum absolute atomic E-state index is 0. The van der Waals surface area contributed by atoms with Crippen LogP contribution in [0.1, 0.15) is 52.5 Å². The van der Waals surface area contributed by atoms with Crippen molar-refractivity contribution < 1.29 is 13.2 Å². The largest absolute Gasteiger partial charge is 0.381 e. The van der Waals surface area contributed by atoms with Crippen molar-refractivity contribution in [2.45, 2.75) is 63.9 Å². The maximum atomic E-state index is 12.8. The Morgan fingerprint density at radius 1 is 1.20 bits per heavy atom. The Bertz CT molecular complexity index is 775. The van der Waals surface area contributed by atoms with Gasteiger partial charge in [-0.1, -0.05) is 18.2 Å². The molecule has 0 amide bonds. The molecular formula is C21H37IN4O3S. The minimum Gasteiger partial charge on any atom is -0.381 e. The first-order valence-corrected chi connectivity index (χ1v) is 11.9. The summed E-state index contributed by atoms with van der Waals surface area (Å²) in [5.41, 5.74) is 0.113. The lowest BCUT2D eigenvalue weighted by Crippen LogP contribution is -2.40. The molecule has 9 heteroatoms. The van der Waals surface area contributed by atoms with E-state index in [1.54, 1.807) is 18.2 Å². The molecule has 0 atom stereocenters. The molecule has 7 nitrogen and oxygen atoms in total. The highest BCUT2D eigenvalue weighted by Crippen LogP contribution is 2.28. The number of guanidine groups is 1. The molecule has 0 saturated heterocycles. The van der Waals surface area contributed by atoms with Gasteiger partial charge in [0.1, 0.15) is 0 Å². The van der Waals surface area contributed by atoms with Gasteiger partial charge in [-0.15, -0.1) is 24.0 Å². The zero-order chi connectivity index (χ0) is 21.3. The SMILES string of the molecule is CCNC(=NCc1ccccc1S(=O)(=O)NC(C)(C)C)NCCCOCC1CC1.I. The predicted octanol–water partition coefficient (Wildman–Crippen LogP) is 3.25. The first-order valence-electron chi connectivity index (χ1n) is 10.4. The second-order valence-electron chi connectivity index (χ2n) is 8.46. The number of nitrogens with one attached hydrogen (secondary N) is 3. The molecule has 1 aliphatic rings. The summed E-state index contributed by atoms with van der Waals surface area (Å²) in [5, 5.41) is 6.49. The molecule has 0 unspecified atom stereocenters. The van der Waals surface area contributed by atoms with Crippen molar-refractivity contribution in [1.82, 2.24) is 15.4 Å². The van der Waals surface area contributed by atoms with E-state index in [-0.39, 0.29) is 35.4 Å². The standard InChI is InChI=1S/C21H36N4O3S.HI/c1-5-22-20(23-13-8-14-28-16-17-11-12-17)24-15-18-9-6-7-10-19(18)29(26,27)25-21(2,3)4;/h6-7,9-10,17,25H,5,8,11-16H2,1-4H3,(H2,22,23,24);1H. The quantitative estimate of drug-likeness (QED) is 0.170. The molecule has 1 fully saturated rings. The number of halogens is 1.